The average molecular weight is 1230 g/mol. The highest BCUT2D eigenvalue weighted by Crippen LogP contribution is 2.33. The van der Waals surface area contributed by atoms with Gasteiger partial charge in [0, 0.05) is 122 Å². The van der Waals surface area contributed by atoms with Gasteiger partial charge >= 0.3 is 0 Å². The molecule has 0 atom stereocenters. The second-order valence-corrected chi connectivity index (χ2v) is 21.7. The highest BCUT2D eigenvalue weighted by atomic mass is 16.5. The molecular formula is C68H72N16O7. The summed E-state index contributed by atoms with van der Waals surface area (Å²) in [7, 11) is 1.71. The van der Waals surface area contributed by atoms with Crippen LogP contribution in [0.5, 0.6) is 23.1 Å². The fourth-order valence-corrected chi connectivity index (χ4v) is 9.91. The van der Waals surface area contributed by atoms with E-state index in [9.17, 15) is 14.4 Å². The maximum atomic E-state index is 12.2. The number of carbonyl (C=O) groups is 3. The minimum Gasteiger partial charge on any atom is -0.488 e. The van der Waals surface area contributed by atoms with E-state index in [1.165, 1.54) is 0 Å². The molecule has 0 bridgehead atoms. The van der Waals surface area contributed by atoms with Gasteiger partial charge in [0.1, 0.15) is 55.1 Å². The average Bonchev–Trinajstić information content (AvgIpc) is 2.47. The highest BCUT2D eigenvalue weighted by molar-refractivity contribution is 5.86. The van der Waals surface area contributed by atoms with Gasteiger partial charge in [0.05, 0.1) is 62.4 Å². The van der Waals surface area contributed by atoms with Crippen LogP contribution in [0.1, 0.15) is 139 Å². The molecule has 0 amide bonds. The Labute approximate surface area is 527 Å². The van der Waals surface area contributed by atoms with Crippen molar-refractivity contribution in [3.63, 3.8) is 0 Å². The Morgan fingerprint density at radius 3 is 1.03 bits per heavy atom. The number of pyridine rings is 7. The number of nitrogens with one attached hydrogen (secondary N) is 1. The van der Waals surface area contributed by atoms with E-state index in [4.69, 9.17) is 18.9 Å². The molecule has 0 radical (unpaired) electrons. The molecule has 11 aromatic rings. The molecule has 11 aromatic heterocycles. The van der Waals surface area contributed by atoms with Gasteiger partial charge in [0.15, 0.2) is 18.9 Å². The van der Waals surface area contributed by atoms with Crippen molar-refractivity contribution in [1.29, 1.82) is 0 Å². The molecule has 0 unspecified atom stereocenters. The Balaban J connectivity index is 0.000000169. The molecule has 0 aliphatic heterocycles. The van der Waals surface area contributed by atoms with Gasteiger partial charge in [-0.1, -0.05) is 24.3 Å². The number of anilines is 1. The number of nitrogens with zero attached hydrogens (tertiary/aromatic N) is 15. The summed E-state index contributed by atoms with van der Waals surface area (Å²) in [4.78, 5) is 65.6. The number of aryl methyl sites for hydroxylation is 1. The van der Waals surface area contributed by atoms with E-state index in [-0.39, 0.29) is 55.4 Å². The van der Waals surface area contributed by atoms with Gasteiger partial charge in [0.25, 0.3) is 0 Å². The lowest BCUT2D eigenvalue weighted by molar-refractivity contribution is 0.110. The summed E-state index contributed by atoms with van der Waals surface area (Å²) in [6.45, 7) is 19.3. The van der Waals surface area contributed by atoms with Crippen LogP contribution in [0, 0.1) is 6.92 Å². The van der Waals surface area contributed by atoms with Gasteiger partial charge in [0.2, 0.25) is 5.88 Å². The van der Waals surface area contributed by atoms with Crippen LogP contribution in [0.15, 0.2) is 159 Å². The normalized spacial score (nSPS) is 11.0. The monoisotopic (exact) mass is 1220 g/mol. The quantitative estimate of drug-likeness (QED) is 0.0551. The van der Waals surface area contributed by atoms with Crippen molar-refractivity contribution in [2.75, 3.05) is 12.4 Å². The molecule has 23 heteroatoms. The minimum atomic E-state index is 0.162. The molecule has 23 nitrogen and oxygen atoms in total. The van der Waals surface area contributed by atoms with E-state index < -0.39 is 0 Å². The Hall–Kier alpha value is -11.1. The first-order valence-electron chi connectivity index (χ1n) is 29.6. The molecule has 11 rings (SSSR count). The summed E-state index contributed by atoms with van der Waals surface area (Å²) < 4.78 is 31.7. The molecule has 0 aliphatic carbocycles. The predicted octanol–water partition coefficient (Wildman–Crippen LogP) is 12.7. The Kier molecular flexibility index (Phi) is 21.7. The van der Waals surface area contributed by atoms with Crippen molar-refractivity contribution in [1.82, 2.24) is 74.0 Å². The zero-order valence-corrected chi connectivity index (χ0v) is 52.4. The number of rotatable bonds is 24. The third kappa shape index (κ3) is 15.3. The largest absolute Gasteiger partial charge is 0.488 e. The molecule has 0 aromatic carbocycles. The minimum absolute atomic E-state index is 0.162. The van der Waals surface area contributed by atoms with Crippen LogP contribution in [-0.2, 0) is 26.4 Å². The number of aromatic nitrogens is 15. The molecule has 1 N–H and O–H groups in total. The Bertz CT molecular complexity index is 4110. The van der Waals surface area contributed by atoms with Crippen molar-refractivity contribution in [3.05, 3.63) is 204 Å². The summed E-state index contributed by atoms with van der Waals surface area (Å²) in [5.74, 6) is 2.04. The molecule has 0 aliphatic rings. The number of hydrogen-bond acceptors (Lipinski definition) is 19. The van der Waals surface area contributed by atoms with Crippen LogP contribution in [0.25, 0.3) is 45.6 Å². The molecule has 91 heavy (non-hydrogen) atoms. The predicted molar refractivity (Wildman–Crippen MR) is 344 cm³/mol. The fraction of sp³-hybridized carbons (Fsp3) is 0.265. The van der Waals surface area contributed by atoms with Gasteiger partial charge in [-0.2, -0.15) is 20.4 Å². The zero-order valence-electron chi connectivity index (χ0n) is 52.4. The second-order valence-electron chi connectivity index (χ2n) is 21.7. The van der Waals surface area contributed by atoms with Crippen LogP contribution in [0.3, 0.4) is 0 Å². The number of hydrogen-bond donors (Lipinski definition) is 1. The summed E-state index contributed by atoms with van der Waals surface area (Å²) >= 11 is 0. The van der Waals surface area contributed by atoms with E-state index in [0.29, 0.717) is 52.8 Å². The molecule has 0 saturated carbocycles. The molecule has 11 heterocycles. The lowest BCUT2D eigenvalue weighted by Gasteiger charge is -2.16. The van der Waals surface area contributed by atoms with Crippen molar-refractivity contribution < 1.29 is 33.3 Å². The van der Waals surface area contributed by atoms with Crippen LogP contribution in [-0.4, -0.2) is 99.9 Å². The van der Waals surface area contributed by atoms with Gasteiger partial charge in [-0.25, -0.2) is 9.97 Å². The van der Waals surface area contributed by atoms with Crippen molar-refractivity contribution >= 4 is 24.7 Å². The molecular weight excluding hydrogens is 1150 g/mol. The summed E-state index contributed by atoms with van der Waals surface area (Å²) in [5.41, 5.74) is 12.1. The molecule has 0 spiro atoms. The highest BCUT2D eigenvalue weighted by Gasteiger charge is 2.21. The molecule has 0 saturated heterocycles. The summed E-state index contributed by atoms with van der Waals surface area (Å²) in [6, 6.07) is 28.8. The third-order valence-corrected chi connectivity index (χ3v) is 14.3. The van der Waals surface area contributed by atoms with Crippen molar-refractivity contribution in [2.45, 2.75) is 113 Å². The topological polar surface area (TPSA) is 262 Å². The summed E-state index contributed by atoms with van der Waals surface area (Å²) in [6.07, 6.45) is 21.1. The standard InChI is InChI=1S/C30H31N7O3.C19H21N5O2.C19H20N4O2/c1-20(2)36-25(9-15-34-36)28-22(7-5-12-31-28)18-39-27-11-14-33-30(24(27)17-38)40-19-23-8-6-13-32-29(23)26-10-16-35-37(26)21(3)4;1-13(2)24-16(6-10-23-24)18-14(5-4-8-21-18)12-26-17-7-9-22-19(20-3)15(17)11-25;1-13(2)23-17(6-10-22-23)19-15(5-4-8-21-19)12-25-18-7-9-20-14(3)16(18)11-24/h5-17,20-21H,18-19H2,1-4H3;4-11,13H,12H2,1-3H3,(H,20,22);4-11,13H,12H2,1-3H3. The molecule has 0 fully saturated rings. The maximum Gasteiger partial charge on any atom is 0.228 e. The number of aldehydes is 3. The van der Waals surface area contributed by atoms with Gasteiger partial charge in [-0.05, 0) is 129 Å². The SMILES string of the molecule is CC(C)n1nccc1-c1ncccc1COc1ccnc(OCc2cccnc2-c2ccnn2C(C)C)c1C=O.CNc1nccc(OCc2cccnc2-c2ccnn2C(C)C)c1C=O.Cc1nccc(OCc2cccnc2-c2ccnn2C(C)C)c1C=O. The maximum absolute atomic E-state index is 12.2. The van der Waals surface area contributed by atoms with Crippen LogP contribution in [0.2, 0.25) is 0 Å². The van der Waals surface area contributed by atoms with E-state index in [2.05, 4.69) is 116 Å². The van der Waals surface area contributed by atoms with E-state index in [1.54, 1.807) is 100 Å². The van der Waals surface area contributed by atoms with Gasteiger partial charge < -0.3 is 24.3 Å². The van der Waals surface area contributed by atoms with Gasteiger partial charge in [-0.3, -0.25) is 58.0 Å². The first kappa shape index (κ1) is 64.4. The van der Waals surface area contributed by atoms with E-state index in [1.807, 2.05) is 91.5 Å². The van der Waals surface area contributed by atoms with Crippen molar-refractivity contribution in [2.24, 2.45) is 0 Å². The van der Waals surface area contributed by atoms with E-state index >= 15 is 0 Å². The first-order chi connectivity index (χ1) is 44.2. The lowest BCUT2D eigenvalue weighted by Crippen LogP contribution is -2.09. The smallest absolute Gasteiger partial charge is 0.228 e. The Morgan fingerprint density at radius 2 is 0.692 bits per heavy atom. The zero-order chi connectivity index (χ0) is 64.4. The van der Waals surface area contributed by atoms with Crippen LogP contribution in [0.4, 0.5) is 5.82 Å². The van der Waals surface area contributed by atoms with Crippen LogP contribution >= 0.6 is 0 Å². The number of carbonyl (C=O) groups excluding carboxylic acids is 3. The van der Waals surface area contributed by atoms with Crippen LogP contribution < -0.4 is 24.3 Å². The summed E-state index contributed by atoms with van der Waals surface area (Å²) in [5, 5.41) is 20.5. The third-order valence-electron chi connectivity index (χ3n) is 14.3. The van der Waals surface area contributed by atoms with E-state index in [0.717, 1.165) is 80.4 Å². The number of ether oxygens (including phenoxy) is 4. The fourth-order valence-electron chi connectivity index (χ4n) is 9.91. The van der Waals surface area contributed by atoms with Gasteiger partial charge in [-0.15, -0.1) is 0 Å². The van der Waals surface area contributed by atoms with Crippen molar-refractivity contribution in [3.8, 4) is 68.7 Å². The second kappa shape index (κ2) is 30.7. The first-order valence-corrected chi connectivity index (χ1v) is 29.6. The molecule has 466 valence electrons. The Morgan fingerprint density at radius 1 is 0.374 bits per heavy atom. The lowest BCUT2D eigenvalue weighted by atomic mass is 10.1.